The Morgan fingerprint density at radius 1 is 1.33 bits per heavy atom. The van der Waals surface area contributed by atoms with Gasteiger partial charge in [-0.3, -0.25) is 0 Å². The van der Waals surface area contributed by atoms with Crippen LogP contribution in [0.2, 0.25) is 0 Å². The number of methoxy groups -OCH3 is 1. The molecule has 0 aromatic carbocycles. The fourth-order valence-corrected chi connectivity index (χ4v) is 1.73. The molecule has 0 radical (unpaired) electrons. The first-order chi connectivity index (χ1) is 7.13. The van der Waals surface area contributed by atoms with E-state index >= 15 is 0 Å². The smallest absolute Gasteiger partial charge is 0.328 e. The normalized spacial score (nSPS) is 18.3. The van der Waals surface area contributed by atoms with E-state index in [9.17, 15) is 9.59 Å². The molecule has 5 nitrogen and oxygen atoms in total. The van der Waals surface area contributed by atoms with Crippen LogP contribution >= 0.6 is 0 Å². The first kappa shape index (κ1) is 11.8. The van der Waals surface area contributed by atoms with Crippen molar-refractivity contribution in [2.45, 2.75) is 44.7 Å². The maximum atomic E-state index is 11.4. The van der Waals surface area contributed by atoms with Crippen molar-refractivity contribution >= 4 is 12.0 Å². The number of carbonyl (C=O) groups excluding carboxylic acids is 2. The molecular formula is C10H18N2O3. The molecule has 0 saturated heterocycles. The van der Waals surface area contributed by atoms with E-state index in [1.54, 1.807) is 6.92 Å². The van der Waals surface area contributed by atoms with E-state index in [0.717, 1.165) is 25.7 Å². The Morgan fingerprint density at radius 3 is 2.47 bits per heavy atom. The van der Waals surface area contributed by atoms with Crippen LogP contribution in [0.1, 0.15) is 32.6 Å². The maximum absolute atomic E-state index is 11.4. The van der Waals surface area contributed by atoms with Gasteiger partial charge >= 0.3 is 12.0 Å². The van der Waals surface area contributed by atoms with Crippen LogP contribution in [0.5, 0.6) is 0 Å². The second kappa shape index (κ2) is 5.58. The number of carbonyl (C=O) groups is 2. The quantitative estimate of drug-likeness (QED) is 0.682. The topological polar surface area (TPSA) is 67.4 Å². The van der Waals surface area contributed by atoms with Crippen molar-refractivity contribution in [1.82, 2.24) is 10.6 Å². The third kappa shape index (κ3) is 3.77. The predicted octanol–water partition coefficient (Wildman–Crippen LogP) is 0.790. The number of urea groups is 1. The van der Waals surface area contributed by atoms with Crippen molar-refractivity contribution in [2.24, 2.45) is 0 Å². The summed E-state index contributed by atoms with van der Waals surface area (Å²) in [4.78, 5) is 22.4. The summed E-state index contributed by atoms with van der Waals surface area (Å²) in [6.07, 6.45) is 4.38. The zero-order chi connectivity index (χ0) is 11.3. The van der Waals surface area contributed by atoms with E-state index in [0.29, 0.717) is 0 Å². The second-order valence-corrected chi connectivity index (χ2v) is 3.84. The highest BCUT2D eigenvalue weighted by molar-refractivity contribution is 5.83. The minimum atomic E-state index is -0.601. The average molecular weight is 214 g/mol. The predicted molar refractivity (Wildman–Crippen MR) is 55.4 cm³/mol. The molecule has 2 amide bonds. The van der Waals surface area contributed by atoms with Gasteiger partial charge in [0.25, 0.3) is 0 Å². The first-order valence-corrected chi connectivity index (χ1v) is 5.28. The lowest BCUT2D eigenvalue weighted by Gasteiger charge is -2.15. The van der Waals surface area contributed by atoms with Gasteiger partial charge in [-0.15, -0.1) is 0 Å². The van der Waals surface area contributed by atoms with Crippen LogP contribution in [-0.2, 0) is 9.53 Å². The fraction of sp³-hybridized carbons (Fsp3) is 0.800. The summed E-state index contributed by atoms with van der Waals surface area (Å²) in [5.41, 5.74) is 0. The van der Waals surface area contributed by atoms with Crippen LogP contribution < -0.4 is 10.6 Å². The van der Waals surface area contributed by atoms with Crippen LogP contribution in [0.3, 0.4) is 0 Å². The van der Waals surface area contributed by atoms with Crippen molar-refractivity contribution in [1.29, 1.82) is 0 Å². The highest BCUT2D eigenvalue weighted by Crippen LogP contribution is 2.17. The zero-order valence-corrected chi connectivity index (χ0v) is 9.21. The van der Waals surface area contributed by atoms with Gasteiger partial charge in [0.05, 0.1) is 7.11 Å². The first-order valence-electron chi connectivity index (χ1n) is 5.28. The third-order valence-electron chi connectivity index (χ3n) is 2.59. The SMILES string of the molecule is COC(=O)C(C)NC(=O)NC1CCCC1. The average Bonchev–Trinajstić information content (AvgIpc) is 2.68. The number of amides is 2. The molecule has 15 heavy (non-hydrogen) atoms. The molecule has 0 bridgehead atoms. The zero-order valence-electron chi connectivity index (χ0n) is 9.21. The van der Waals surface area contributed by atoms with Gasteiger partial charge in [-0.2, -0.15) is 0 Å². The number of hydrogen-bond acceptors (Lipinski definition) is 3. The van der Waals surface area contributed by atoms with E-state index < -0.39 is 12.0 Å². The Hall–Kier alpha value is -1.26. The number of nitrogens with one attached hydrogen (secondary N) is 2. The minimum absolute atomic E-state index is 0.259. The van der Waals surface area contributed by atoms with E-state index in [4.69, 9.17) is 0 Å². The molecule has 0 heterocycles. The third-order valence-corrected chi connectivity index (χ3v) is 2.59. The summed E-state index contributed by atoms with van der Waals surface area (Å²) in [5.74, 6) is -0.434. The maximum Gasteiger partial charge on any atom is 0.328 e. The van der Waals surface area contributed by atoms with Crippen LogP contribution in [0.25, 0.3) is 0 Å². The van der Waals surface area contributed by atoms with E-state index in [1.165, 1.54) is 7.11 Å². The van der Waals surface area contributed by atoms with Gasteiger partial charge in [-0.1, -0.05) is 12.8 Å². The van der Waals surface area contributed by atoms with Gasteiger partial charge in [0.1, 0.15) is 6.04 Å². The molecule has 1 rings (SSSR count). The molecule has 1 unspecified atom stereocenters. The molecule has 1 saturated carbocycles. The molecule has 1 atom stereocenters. The molecule has 1 aliphatic rings. The summed E-state index contributed by atoms with van der Waals surface area (Å²) < 4.78 is 4.50. The van der Waals surface area contributed by atoms with Gasteiger partial charge in [-0.25, -0.2) is 9.59 Å². The molecule has 0 aromatic heterocycles. The van der Waals surface area contributed by atoms with Gasteiger partial charge in [-0.05, 0) is 19.8 Å². The lowest BCUT2D eigenvalue weighted by Crippen LogP contribution is -2.47. The van der Waals surface area contributed by atoms with Crippen molar-refractivity contribution in [3.05, 3.63) is 0 Å². The lowest BCUT2D eigenvalue weighted by atomic mass is 10.2. The largest absolute Gasteiger partial charge is 0.467 e. The molecule has 1 aliphatic carbocycles. The molecule has 0 aromatic rings. The highest BCUT2D eigenvalue weighted by atomic mass is 16.5. The van der Waals surface area contributed by atoms with Crippen molar-refractivity contribution in [2.75, 3.05) is 7.11 Å². The van der Waals surface area contributed by atoms with Crippen molar-refractivity contribution in [3.63, 3.8) is 0 Å². The van der Waals surface area contributed by atoms with Crippen molar-refractivity contribution < 1.29 is 14.3 Å². The fourth-order valence-electron chi connectivity index (χ4n) is 1.73. The van der Waals surface area contributed by atoms with Gasteiger partial charge in [0, 0.05) is 6.04 Å². The number of ether oxygens (including phenoxy) is 1. The number of esters is 1. The Labute approximate surface area is 89.6 Å². The summed E-state index contributed by atoms with van der Waals surface area (Å²) in [6.45, 7) is 1.60. The molecule has 5 heteroatoms. The van der Waals surface area contributed by atoms with E-state index in [1.807, 2.05) is 0 Å². The monoisotopic (exact) mass is 214 g/mol. The Bertz CT molecular complexity index is 237. The molecular weight excluding hydrogens is 196 g/mol. The number of hydrogen-bond donors (Lipinski definition) is 2. The molecule has 1 fully saturated rings. The van der Waals surface area contributed by atoms with Crippen LogP contribution in [0.15, 0.2) is 0 Å². The van der Waals surface area contributed by atoms with Crippen LogP contribution in [-0.4, -0.2) is 31.2 Å². The van der Waals surface area contributed by atoms with E-state index in [2.05, 4.69) is 15.4 Å². The standard InChI is InChI=1S/C10H18N2O3/c1-7(9(13)15-2)11-10(14)12-8-5-3-4-6-8/h7-8H,3-6H2,1-2H3,(H2,11,12,14). The van der Waals surface area contributed by atoms with E-state index in [-0.39, 0.29) is 12.1 Å². The molecule has 0 aliphatic heterocycles. The summed E-state index contributed by atoms with van der Waals surface area (Å²) >= 11 is 0. The Kier molecular flexibility index (Phi) is 4.39. The van der Waals surface area contributed by atoms with Crippen LogP contribution in [0.4, 0.5) is 4.79 Å². The number of rotatable bonds is 3. The molecule has 0 spiro atoms. The van der Waals surface area contributed by atoms with Crippen LogP contribution in [0, 0.1) is 0 Å². The summed E-state index contributed by atoms with van der Waals surface area (Å²) in [6, 6.07) is -0.633. The van der Waals surface area contributed by atoms with Gasteiger partial charge in [0.15, 0.2) is 0 Å². The van der Waals surface area contributed by atoms with Gasteiger partial charge < -0.3 is 15.4 Å². The Morgan fingerprint density at radius 2 is 1.93 bits per heavy atom. The Balaban J connectivity index is 2.25. The van der Waals surface area contributed by atoms with Crippen molar-refractivity contribution in [3.8, 4) is 0 Å². The second-order valence-electron chi connectivity index (χ2n) is 3.84. The minimum Gasteiger partial charge on any atom is -0.467 e. The molecule has 2 N–H and O–H groups in total. The summed E-state index contributed by atoms with van der Waals surface area (Å²) in [5, 5.41) is 5.36. The highest BCUT2D eigenvalue weighted by Gasteiger charge is 2.20. The summed E-state index contributed by atoms with van der Waals surface area (Å²) in [7, 11) is 1.30. The van der Waals surface area contributed by atoms with Gasteiger partial charge in [0.2, 0.25) is 0 Å². The molecule has 86 valence electrons. The lowest BCUT2D eigenvalue weighted by molar-refractivity contribution is -0.142.